The smallest absolute Gasteiger partial charge is 0.349 e. The highest BCUT2D eigenvalue weighted by molar-refractivity contribution is 7.22. The van der Waals surface area contributed by atoms with E-state index in [1.165, 1.54) is 16.2 Å². The number of nitrogens with zero attached hydrogens (tertiary/aromatic N) is 2. The Kier molecular flexibility index (Phi) is 4.64. The summed E-state index contributed by atoms with van der Waals surface area (Å²) in [4.78, 5) is 32.6. The van der Waals surface area contributed by atoms with Gasteiger partial charge in [0.05, 0.1) is 15.9 Å². The van der Waals surface area contributed by atoms with Crippen LogP contribution < -0.4 is 10.5 Å². The van der Waals surface area contributed by atoms with Crippen LogP contribution in [0.1, 0.15) is 21.5 Å². The quantitative estimate of drug-likeness (QED) is 0.332. The van der Waals surface area contributed by atoms with Gasteiger partial charge in [-0.05, 0) is 61.4 Å². The van der Waals surface area contributed by atoms with E-state index in [9.17, 15) is 9.59 Å². The van der Waals surface area contributed by atoms with Gasteiger partial charge in [-0.25, -0.2) is 9.78 Å². The van der Waals surface area contributed by atoms with Gasteiger partial charge in [0.1, 0.15) is 11.1 Å². The molecule has 3 aromatic carbocycles. The van der Waals surface area contributed by atoms with Gasteiger partial charge in [0, 0.05) is 5.39 Å². The lowest BCUT2D eigenvalue weighted by atomic mass is 10.1. The molecule has 1 amide bonds. The van der Waals surface area contributed by atoms with E-state index in [1.807, 2.05) is 68.4 Å². The first kappa shape index (κ1) is 19.2. The fraction of sp³-hybridized carbons (Fsp3) is 0.0800. The molecule has 0 aliphatic carbocycles. The number of amides is 1. The van der Waals surface area contributed by atoms with Crippen molar-refractivity contribution in [2.45, 2.75) is 13.8 Å². The van der Waals surface area contributed by atoms with Crippen LogP contribution >= 0.6 is 11.3 Å². The molecule has 0 bridgehead atoms. The van der Waals surface area contributed by atoms with Crippen molar-refractivity contribution in [2.75, 3.05) is 4.90 Å². The van der Waals surface area contributed by atoms with Crippen molar-refractivity contribution in [1.82, 2.24) is 4.98 Å². The van der Waals surface area contributed by atoms with Gasteiger partial charge >= 0.3 is 5.63 Å². The van der Waals surface area contributed by atoms with Crippen LogP contribution in [0.15, 0.2) is 82.0 Å². The average Bonchev–Trinajstić information content (AvgIpc) is 3.16. The van der Waals surface area contributed by atoms with Crippen molar-refractivity contribution in [3.8, 4) is 0 Å². The normalized spacial score (nSPS) is 11.2. The molecule has 152 valence electrons. The highest BCUT2D eigenvalue weighted by Crippen LogP contribution is 2.35. The molecule has 0 aliphatic heterocycles. The van der Waals surface area contributed by atoms with Gasteiger partial charge < -0.3 is 4.42 Å². The Morgan fingerprint density at radius 3 is 2.42 bits per heavy atom. The Hall–Kier alpha value is -3.77. The third kappa shape index (κ3) is 3.51. The topological polar surface area (TPSA) is 63.4 Å². The minimum Gasteiger partial charge on any atom is -0.422 e. The number of aromatic nitrogens is 1. The molecule has 0 spiro atoms. The van der Waals surface area contributed by atoms with E-state index in [0.717, 1.165) is 21.3 Å². The number of fused-ring (bicyclic) bond motifs is 2. The molecule has 2 heterocycles. The van der Waals surface area contributed by atoms with E-state index in [1.54, 1.807) is 18.2 Å². The summed E-state index contributed by atoms with van der Waals surface area (Å²) in [6.07, 6.45) is 0. The maximum Gasteiger partial charge on any atom is 0.349 e. The Labute approximate surface area is 182 Å². The fourth-order valence-corrected chi connectivity index (χ4v) is 4.67. The van der Waals surface area contributed by atoms with E-state index in [-0.39, 0.29) is 5.56 Å². The summed E-state index contributed by atoms with van der Waals surface area (Å²) in [5.74, 6) is -0.469. The van der Waals surface area contributed by atoms with Crippen LogP contribution in [0.4, 0.5) is 10.8 Å². The molecule has 31 heavy (non-hydrogen) atoms. The van der Waals surface area contributed by atoms with Gasteiger partial charge in [-0.3, -0.25) is 9.69 Å². The van der Waals surface area contributed by atoms with Gasteiger partial charge in [-0.15, -0.1) is 0 Å². The molecule has 5 nitrogen and oxygen atoms in total. The van der Waals surface area contributed by atoms with Crippen LogP contribution in [-0.4, -0.2) is 10.9 Å². The molecule has 5 rings (SSSR count). The van der Waals surface area contributed by atoms with Crippen molar-refractivity contribution < 1.29 is 9.21 Å². The van der Waals surface area contributed by atoms with Crippen molar-refractivity contribution in [1.29, 1.82) is 0 Å². The lowest BCUT2D eigenvalue weighted by Gasteiger charge is -2.21. The number of hydrogen-bond acceptors (Lipinski definition) is 5. The number of benzene rings is 3. The maximum absolute atomic E-state index is 13.7. The minimum atomic E-state index is -0.667. The van der Waals surface area contributed by atoms with Crippen molar-refractivity contribution >= 4 is 49.2 Å². The number of anilines is 2. The minimum absolute atomic E-state index is 0.0304. The second-order valence-corrected chi connectivity index (χ2v) is 8.45. The molecule has 0 atom stereocenters. The SMILES string of the molecule is Cc1cc(C)cc(N(C(=O)c2cc3ccccc3oc2=O)c2nc3ccccc3s2)c1. The lowest BCUT2D eigenvalue weighted by Crippen LogP contribution is -2.30. The van der Waals surface area contributed by atoms with Crippen LogP contribution in [-0.2, 0) is 0 Å². The summed E-state index contributed by atoms with van der Waals surface area (Å²) in [6.45, 7) is 3.95. The zero-order valence-corrected chi connectivity index (χ0v) is 17.8. The zero-order valence-electron chi connectivity index (χ0n) is 17.0. The Bertz CT molecular complexity index is 1460. The molecule has 5 aromatic rings. The third-order valence-corrected chi connectivity index (χ3v) is 6.04. The number of aryl methyl sites for hydroxylation is 2. The molecule has 6 heteroatoms. The lowest BCUT2D eigenvalue weighted by molar-refractivity contribution is 0.0996. The van der Waals surface area contributed by atoms with E-state index in [0.29, 0.717) is 21.8 Å². The van der Waals surface area contributed by atoms with Gasteiger partial charge in [0.2, 0.25) is 0 Å². The van der Waals surface area contributed by atoms with Gasteiger partial charge in [-0.1, -0.05) is 47.7 Å². The Morgan fingerprint density at radius 2 is 1.65 bits per heavy atom. The summed E-state index contributed by atoms with van der Waals surface area (Å²) in [7, 11) is 0. The van der Waals surface area contributed by atoms with Gasteiger partial charge in [-0.2, -0.15) is 0 Å². The molecule has 0 saturated carbocycles. The molecule has 0 fully saturated rings. The Morgan fingerprint density at radius 1 is 0.935 bits per heavy atom. The van der Waals surface area contributed by atoms with E-state index < -0.39 is 11.5 Å². The van der Waals surface area contributed by atoms with E-state index >= 15 is 0 Å². The van der Waals surface area contributed by atoms with Crippen molar-refractivity contribution in [2.24, 2.45) is 0 Å². The molecular weight excluding hydrogens is 408 g/mol. The van der Waals surface area contributed by atoms with E-state index in [4.69, 9.17) is 4.42 Å². The third-order valence-electron chi connectivity index (χ3n) is 5.01. The number of carbonyl (C=O) groups is 1. The number of para-hydroxylation sites is 2. The first-order valence-electron chi connectivity index (χ1n) is 9.81. The summed E-state index contributed by atoms with van der Waals surface area (Å²) in [6, 6.07) is 22.3. The monoisotopic (exact) mass is 426 g/mol. The maximum atomic E-state index is 13.7. The summed E-state index contributed by atoms with van der Waals surface area (Å²) in [5.41, 5.74) is 3.24. The molecule has 0 aliphatic rings. The van der Waals surface area contributed by atoms with Gasteiger partial charge in [0.15, 0.2) is 5.13 Å². The Balaban J connectivity index is 1.73. The number of rotatable bonds is 3. The fourth-order valence-electron chi connectivity index (χ4n) is 3.68. The highest BCUT2D eigenvalue weighted by Gasteiger charge is 2.26. The standard InChI is InChI=1S/C25H18N2O3S/c1-15-11-16(2)13-18(12-15)27(25-26-20-8-4-6-10-22(20)31-25)23(28)19-14-17-7-3-5-9-21(17)30-24(19)29/h3-14H,1-2H3. The predicted octanol–water partition coefficient (Wildman–Crippen LogP) is 6.00. The molecule has 0 saturated heterocycles. The summed E-state index contributed by atoms with van der Waals surface area (Å²) in [5, 5.41) is 1.19. The number of carbonyl (C=O) groups excluding carboxylic acids is 1. The van der Waals surface area contributed by atoms with Crippen LogP contribution in [0, 0.1) is 13.8 Å². The van der Waals surface area contributed by atoms with Gasteiger partial charge in [0.25, 0.3) is 5.91 Å². The first-order chi connectivity index (χ1) is 15.0. The number of thiazole rings is 1. The molecule has 0 radical (unpaired) electrons. The molecule has 2 aromatic heterocycles. The van der Waals surface area contributed by atoms with Crippen LogP contribution in [0.25, 0.3) is 21.2 Å². The second kappa shape index (κ2) is 7.49. The van der Waals surface area contributed by atoms with E-state index in [2.05, 4.69) is 4.98 Å². The predicted molar refractivity (Wildman–Crippen MR) is 124 cm³/mol. The number of hydrogen-bond donors (Lipinski definition) is 0. The molecular formula is C25H18N2O3S. The van der Waals surface area contributed by atoms with Crippen molar-refractivity contribution in [3.05, 3.63) is 99.9 Å². The molecule has 0 unspecified atom stereocenters. The summed E-state index contributed by atoms with van der Waals surface area (Å²) < 4.78 is 6.39. The van der Waals surface area contributed by atoms with Crippen LogP contribution in [0.5, 0.6) is 0 Å². The first-order valence-corrected chi connectivity index (χ1v) is 10.6. The largest absolute Gasteiger partial charge is 0.422 e. The van der Waals surface area contributed by atoms with Crippen LogP contribution in [0.2, 0.25) is 0 Å². The van der Waals surface area contributed by atoms with Crippen LogP contribution in [0.3, 0.4) is 0 Å². The highest BCUT2D eigenvalue weighted by atomic mass is 32.1. The zero-order chi connectivity index (χ0) is 21.5. The molecule has 0 N–H and O–H groups in total. The second-order valence-electron chi connectivity index (χ2n) is 7.44. The summed E-state index contributed by atoms with van der Waals surface area (Å²) >= 11 is 1.41. The van der Waals surface area contributed by atoms with Crippen molar-refractivity contribution in [3.63, 3.8) is 0 Å². The average molecular weight is 426 g/mol.